The number of nitrogens with one attached hydrogen (secondary N) is 1. The number of hydrogen-bond donors (Lipinski definition) is 1. The molecule has 1 aliphatic heterocycles. The topological polar surface area (TPSA) is 71.4 Å². The van der Waals surface area contributed by atoms with E-state index in [1.165, 1.54) is 0 Å². The summed E-state index contributed by atoms with van der Waals surface area (Å²) in [6.45, 7) is 2.69. The Morgan fingerprint density at radius 3 is 2.90 bits per heavy atom. The summed E-state index contributed by atoms with van der Waals surface area (Å²) in [6, 6.07) is 7.73. The fourth-order valence-corrected chi connectivity index (χ4v) is 2.86. The molecule has 1 aliphatic carbocycles. The van der Waals surface area contributed by atoms with Crippen LogP contribution in [0.4, 0.5) is 0 Å². The van der Waals surface area contributed by atoms with Gasteiger partial charge in [0, 0.05) is 6.54 Å². The summed E-state index contributed by atoms with van der Waals surface area (Å²) in [6.07, 6.45) is 1.30. The maximum Gasteiger partial charge on any atom is 0.240 e. The summed E-state index contributed by atoms with van der Waals surface area (Å²) in [7, 11) is 0. The predicted molar refractivity (Wildman–Crippen MR) is 70.9 cm³/mol. The van der Waals surface area contributed by atoms with Gasteiger partial charge in [0.1, 0.15) is 5.41 Å². The Kier molecular flexibility index (Phi) is 3.01. The van der Waals surface area contributed by atoms with Gasteiger partial charge in [-0.05, 0) is 36.5 Å². The largest absolute Gasteiger partial charge is 0.454 e. The van der Waals surface area contributed by atoms with Crippen molar-refractivity contribution >= 4 is 5.91 Å². The third-order valence-electron chi connectivity index (χ3n) is 3.93. The molecule has 0 unspecified atom stereocenters. The van der Waals surface area contributed by atoms with E-state index in [4.69, 9.17) is 9.47 Å². The molecule has 20 heavy (non-hydrogen) atoms. The minimum Gasteiger partial charge on any atom is -0.454 e. The molecule has 0 saturated heterocycles. The van der Waals surface area contributed by atoms with E-state index in [0.29, 0.717) is 31.1 Å². The van der Waals surface area contributed by atoms with E-state index in [2.05, 4.69) is 18.3 Å². The van der Waals surface area contributed by atoms with Gasteiger partial charge < -0.3 is 14.8 Å². The molecule has 1 heterocycles. The number of nitriles is 1. The zero-order chi connectivity index (χ0) is 14.2. The van der Waals surface area contributed by atoms with Crippen molar-refractivity contribution < 1.29 is 14.3 Å². The Morgan fingerprint density at radius 2 is 2.20 bits per heavy atom. The highest BCUT2D eigenvalue weighted by molar-refractivity contribution is 5.86. The van der Waals surface area contributed by atoms with Gasteiger partial charge in [-0.25, -0.2) is 0 Å². The lowest BCUT2D eigenvalue weighted by atomic mass is 9.63. The highest BCUT2D eigenvalue weighted by Gasteiger charge is 2.48. The minimum atomic E-state index is -0.824. The SMILES string of the molecule is CC1CC(C#N)(C(=O)NCc2ccc3c(c2)OCO3)C1. The second-order valence-electron chi connectivity index (χ2n) is 5.58. The van der Waals surface area contributed by atoms with Gasteiger partial charge in [0.25, 0.3) is 0 Å². The van der Waals surface area contributed by atoms with Crippen LogP contribution in [0.3, 0.4) is 0 Å². The summed E-state index contributed by atoms with van der Waals surface area (Å²) < 4.78 is 10.5. The first-order valence-electron chi connectivity index (χ1n) is 6.71. The molecule has 2 aliphatic rings. The van der Waals surface area contributed by atoms with E-state index in [9.17, 15) is 10.1 Å². The van der Waals surface area contributed by atoms with Crippen LogP contribution in [-0.2, 0) is 11.3 Å². The second-order valence-corrected chi connectivity index (χ2v) is 5.58. The van der Waals surface area contributed by atoms with E-state index < -0.39 is 5.41 Å². The molecule has 1 N–H and O–H groups in total. The number of carbonyl (C=O) groups excluding carboxylic acids is 1. The van der Waals surface area contributed by atoms with Gasteiger partial charge in [0.05, 0.1) is 6.07 Å². The van der Waals surface area contributed by atoms with Crippen LogP contribution in [0.5, 0.6) is 11.5 Å². The Balaban J connectivity index is 1.62. The molecule has 1 aromatic carbocycles. The average Bonchev–Trinajstić information content (AvgIpc) is 2.88. The maximum absolute atomic E-state index is 12.1. The molecule has 1 amide bonds. The van der Waals surface area contributed by atoms with Crippen LogP contribution in [0.15, 0.2) is 18.2 Å². The number of benzene rings is 1. The first kappa shape index (κ1) is 12.8. The van der Waals surface area contributed by atoms with Gasteiger partial charge in [0.15, 0.2) is 11.5 Å². The Hall–Kier alpha value is -2.22. The Bertz CT molecular complexity index is 585. The first-order valence-corrected chi connectivity index (χ1v) is 6.71. The molecule has 0 spiro atoms. The van der Waals surface area contributed by atoms with Crippen LogP contribution in [0.25, 0.3) is 0 Å². The number of ether oxygens (including phenoxy) is 2. The lowest BCUT2D eigenvalue weighted by Crippen LogP contribution is -2.47. The van der Waals surface area contributed by atoms with Crippen molar-refractivity contribution in [2.75, 3.05) is 6.79 Å². The van der Waals surface area contributed by atoms with Gasteiger partial charge in [0.2, 0.25) is 12.7 Å². The van der Waals surface area contributed by atoms with Gasteiger partial charge in [-0.2, -0.15) is 5.26 Å². The highest BCUT2D eigenvalue weighted by Crippen LogP contribution is 2.45. The molecule has 1 fully saturated rings. The first-order chi connectivity index (χ1) is 9.63. The van der Waals surface area contributed by atoms with Crippen LogP contribution < -0.4 is 14.8 Å². The van der Waals surface area contributed by atoms with E-state index >= 15 is 0 Å². The van der Waals surface area contributed by atoms with Crippen molar-refractivity contribution in [3.63, 3.8) is 0 Å². The molecule has 5 heteroatoms. The molecule has 5 nitrogen and oxygen atoms in total. The zero-order valence-electron chi connectivity index (χ0n) is 11.3. The van der Waals surface area contributed by atoms with Crippen LogP contribution in [0.1, 0.15) is 25.3 Å². The summed E-state index contributed by atoms with van der Waals surface area (Å²) in [5, 5.41) is 12.0. The molecular formula is C15H16N2O3. The summed E-state index contributed by atoms with van der Waals surface area (Å²) in [5.74, 6) is 1.70. The van der Waals surface area contributed by atoms with Gasteiger partial charge in [-0.3, -0.25) is 4.79 Å². The standard InChI is InChI=1S/C15H16N2O3/c1-10-5-15(6-10,8-16)14(18)17-7-11-2-3-12-13(4-11)20-9-19-12/h2-4,10H,5-7,9H2,1H3,(H,17,18). The fourth-order valence-electron chi connectivity index (χ4n) is 2.86. The van der Waals surface area contributed by atoms with E-state index in [1.807, 2.05) is 18.2 Å². The van der Waals surface area contributed by atoms with Crippen molar-refractivity contribution in [2.45, 2.75) is 26.3 Å². The van der Waals surface area contributed by atoms with Gasteiger partial charge >= 0.3 is 0 Å². The smallest absolute Gasteiger partial charge is 0.240 e. The molecule has 0 atom stereocenters. The number of amides is 1. The molecule has 0 bridgehead atoms. The minimum absolute atomic E-state index is 0.171. The van der Waals surface area contributed by atoms with Crippen molar-refractivity contribution in [1.82, 2.24) is 5.32 Å². The van der Waals surface area contributed by atoms with Gasteiger partial charge in [-0.15, -0.1) is 0 Å². The van der Waals surface area contributed by atoms with Crippen molar-refractivity contribution in [1.29, 1.82) is 5.26 Å². The zero-order valence-corrected chi connectivity index (χ0v) is 11.3. The molecule has 1 aromatic rings. The van der Waals surface area contributed by atoms with E-state index in [0.717, 1.165) is 11.3 Å². The van der Waals surface area contributed by atoms with E-state index in [-0.39, 0.29) is 12.7 Å². The van der Waals surface area contributed by atoms with Crippen LogP contribution in [-0.4, -0.2) is 12.7 Å². The monoisotopic (exact) mass is 272 g/mol. The van der Waals surface area contributed by atoms with Crippen LogP contribution >= 0.6 is 0 Å². The van der Waals surface area contributed by atoms with Crippen molar-refractivity contribution in [3.8, 4) is 17.6 Å². The molecule has 1 saturated carbocycles. The number of carbonyl (C=O) groups is 1. The van der Waals surface area contributed by atoms with Crippen molar-refractivity contribution in [3.05, 3.63) is 23.8 Å². The number of rotatable bonds is 3. The Labute approximate surface area is 117 Å². The number of nitrogens with zero attached hydrogens (tertiary/aromatic N) is 1. The van der Waals surface area contributed by atoms with Crippen LogP contribution in [0, 0.1) is 22.7 Å². The van der Waals surface area contributed by atoms with Crippen LogP contribution in [0.2, 0.25) is 0 Å². The van der Waals surface area contributed by atoms with Crippen molar-refractivity contribution in [2.24, 2.45) is 11.3 Å². The normalized spacial score (nSPS) is 26.5. The van der Waals surface area contributed by atoms with E-state index in [1.54, 1.807) is 0 Å². The fraction of sp³-hybridized carbons (Fsp3) is 0.467. The molecule has 104 valence electrons. The molecule has 0 radical (unpaired) electrons. The number of fused-ring (bicyclic) bond motifs is 1. The number of hydrogen-bond acceptors (Lipinski definition) is 4. The third-order valence-corrected chi connectivity index (χ3v) is 3.93. The van der Waals surface area contributed by atoms with Gasteiger partial charge in [-0.1, -0.05) is 13.0 Å². The summed E-state index contributed by atoms with van der Waals surface area (Å²) in [4.78, 5) is 12.1. The predicted octanol–water partition coefficient (Wildman–Crippen LogP) is 1.97. The third kappa shape index (κ3) is 2.07. The Morgan fingerprint density at radius 1 is 1.45 bits per heavy atom. The molecular weight excluding hydrogens is 256 g/mol. The molecule has 3 rings (SSSR count). The lowest BCUT2D eigenvalue weighted by molar-refractivity contribution is -0.134. The summed E-state index contributed by atoms with van der Waals surface area (Å²) in [5.41, 5.74) is 0.110. The second kappa shape index (κ2) is 4.71. The lowest BCUT2D eigenvalue weighted by Gasteiger charge is -2.39. The summed E-state index contributed by atoms with van der Waals surface area (Å²) >= 11 is 0. The average molecular weight is 272 g/mol. The highest BCUT2D eigenvalue weighted by atomic mass is 16.7. The maximum atomic E-state index is 12.1. The quantitative estimate of drug-likeness (QED) is 0.913. The molecule has 0 aromatic heterocycles.